The third kappa shape index (κ3) is 2.79. The Balaban J connectivity index is 1.85. The second kappa shape index (κ2) is 5.64. The lowest BCUT2D eigenvalue weighted by atomic mass is 9.97. The van der Waals surface area contributed by atoms with Gasteiger partial charge in [0, 0.05) is 36.3 Å². The first kappa shape index (κ1) is 13.7. The summed E-state index contributed by atoms with van der Waals surface area (Å²) in [5, 5.41) is 2.87. The molecule has 1 aliphatic heterocycles. The molecule has 0 aliphatic carbocycles. The standard InChI is InChI=1S/C17H19N3O/c1-3-15-11(2)9-19-17(20-15)13-6-4-12(5-7-13)14-8-16(21)18-10-14/h4-7,9,14H,3,8,10H2,1-2H3,(H,18,21). The Kier molecular flexibility index (Phi) is 3.69. The van der Waals surface area contributed by atoms with E-state index in [0.29, 0.717) is 6.42 Å². The summed E-state index contributed by atoms with van der Waals surface area (Å²) in [6.45, 7) is 4.88. The molecule has 0 spiro atoms. The fraction of sp³-hybridized carbons (Fsp3) is 0.353. The molecule has 21 heavy (non-hydrogen) atoms. The van der Waals surface area contributed by atoms with Crippen molar-refractivity contribution in [2.45, 2.75) is 32.6 Å². The average Bonchev–Trinajstić information content (AvgIpc) is 2.94. The molecule has 2 aromatic rings. The van der Waals surface area contributed by atoms with Crippen molar-refractivity contribution in [1.82, 2.24) is 15.3 Å². The maximum Gasteiger partial charge on any atom is 0.220 e. The van der Waals surface area contributed by atoms with Crippen molar-refractivity contribution in [3.05, 3.63) is 47.3 Å². The number of aromatic nitrogens is 2. The first-order valence-corrected chi connectivity index (χ1v) is 7.37. The Bertz CT molecular complexity index is 664. The minimum Gasteiger partial charge on any atom is -0.355 e. The number of hydrogen-bond donors (Lipinski definition) is 1. The van der Waals surface area contributed by atoms with Gasteiger partial charge < -0.3 is 5.32 Å². The fourth-order valence-electron chi connectivity index (χ4n) is 2.72. The van der Waals surface area contributed by atoms with Gasteiger partial charge in [0.1, 0.15) is 0 Å². The normalized spacial score (nSPS) is 17.8. The van der Waals surface area contributed by atoms with Crippen LogP contribution in [0.4, 0.5) is 0 Å². The molecule has 108 valence electrons. The van der Waals surface area contributed by atoms with Gasteiger partial charge in [0.05, 0.1) is 0 Å². The monoisotopic (exact) mass is 281 g/mol. The number of rotatable bonds is 3. The van der Waals surface area contributed by atoms with Crippen LogP contribution in [0, 0.1) is 6.92 Å². The van der Waals surface area contributed by atoms with Crippen molar-refractivity contribution in [2.24, 2.45) is 0 Å². The number of nitrogens with zero attached hydrogens (tertiary/aromatic N) is 2. The number of amides is 1. The predicted molar refractivity (Wildman–Crippen MR) is 82.0 cm³/mol. The summed E-state index contributed by atoms with van der Waals surface area (Å²) in [6, 6.07) is 8.24. The quantitative estimate of drug-likeness (QED) is 0.941. The molecular formula is C17H19N3O. The van der Waals surface area contributed by atoms with E-state index in [4.69, 9.17) is 0 Å². The molecule has 0 radical (unpaired) electrons. The van der Waals surface area contributed by atoms with Gasteiger partial charge in [-0.15, -0.1) is 0 Å². The van der Waals surface area contributed by atoms with Crippen LogP contribution in [-0.2, 0) is 11.2 Å². The Morgan fingerprint density at radius 2 is 2.05 bits per heavy atom. The lowest BCUT2D eigenvalue weighted by Gasteiger charge is -2.09. The molecular weight excluding hydrogens is 262 g/mol. The predicted octanol–water partition coefficient (Wildman–Crippen LogP) is 2.62. The number of hydrogen-bond acceptors (Lipinski definition) is 3. The van der Waals surface area contributed by atoms with Crippen molar-refractivity contribution in [2.75, 3.05) is 6.54 Å². The molecule has 1 saturated heterocycles. The highest BCUT2D eigenvalue weighted by atomic mass is 16.1. The van der Waals surface area contributed by atoms with Crippen LogP contribution in [0.5, 0.6) is 0 Å². The lowest BCUT2D eigenvalue weighted by molar-refractivity contribution is -0.119. The third-order valence-electron chi connectivity index (χ3n) is 4.03. The highest BCUT2D eigenvalue weighted by Crippen LogP contribution is 2.25. The van der Waals surface area contributed by atoms with Gasteiger partial charge in [0.15, 0.2) is 5.82 Å². The molecule has 2 heterocycles. The van der Waals surface area contributed by atoms with Gasteiger partial charge in [-0.3, -0.25) is 4.79 Å². The van der Waals surface area contributed by atoms with Crippen LogP contribution in [0.25, 0.3) is 11.4 Å². The molecule has 1 aliphatic rings. The first-order chi connectivity index (χ1) is 10.2. The Morgan fingerprint density at radius 3 is 2.67 bits per heavy atom. The van der Waals surface area contributed by atoms with E-state index in [0.717, 1.165) is 35.6 Å². The SMILES string of the molecule is CCc1nc(-c2ccc(C3CNC(=O)C3)cc2)ncc1C. The van der Waals surface area contributed by atoms with Crippen LogP contribution in [-0.4, -0.2) is 22.4 Å². The van der Waals surface area contributed by atoms with Crippen molar-refractivity contribution < 1.29 is 4.79 Å². The number of nitrogens with one attached hydrogen (secondary N) is 1. The summed E-state index contributed by atoms with van der Waals surface area (Å²) >= 11 is 0. The van der Waals surface area contributed by atoms with Gasteiger partial charge in [-0.2, -0.15) is 0 Å². The molecule has 1 aromatic heterocycles. The van der Waals surface area contributed by atoms with Gasteiger partial charge in [-0.05, 0) is 24.5 Å². The molecule has 1 atom stereocenters. The van der Waals surface area contributed by atoms with Crippen molar-refractivity contribution in [3.8, 4) is 11.4 Å². The van der Waals surface area contributed by atoms with Crippen LogP contribution in [0.15, 0.2) is 30.5 Å². The summed E-state index contributed by atoms with van der Waals surface area (Å²) in [7, 11) is 0. The lowest BCUT2D eigenvalue weighted by Crippen LogP contribution is -2.13. The molecule has 1 unspecified atom stereocenters. The van der Waals surface area contributed by atoms with Crippen LogP contribution < -0.4 is 5.32 Å². The highest BCUT2D eigenvalue weighted by molar-refractivity contribution is 5.79. The molecule has 1 fully saturated rings. The Morgan fingerprint density at radius 1 is 1.29 bits per heavy atom. The van der Waals surface area contributed by atoms with Crippen molar-refractivity contribution >= 4 is 5.91 Å². The highest BCUT2D eigenvalue weighted by Gasteiger charge is 2.22. The zero-order chi connectivity index (χ0) is 14.8. The van der Waals surface area contributed by atoms with E-state index in [-0.39, 0.29) is 11.8 Å². The molecule has 4 heteroatoms. The second-order valence-corrected chi connectivity index (χ2v) is 5.50. The topological polar surface area (TPSA) is 54.9 Å². The second-order valence-electron chi connectivity index (χ2n) is 5.50. The number of aryl methyl sites for hydroxylation is 2. The van der Waals surface area contributed by atoms with Gasteiger partial charge >= 0.3 is 0 Å². The van der Waals surface area contributed by atoms with E-state index < -0.39 is 0 Å². The number of carbonyl (C=O) groups excluding carboxylic acids is 1. The zero-order valence-electron chi connectivity index (χ0n) is 12.4. The Labute approximate surface area is 124 Å². The smallest absolute Gasteiger partial charge is 0.220 e. The Hall–Kier alpha value is -2.23. The van der Waals surface area contributed by atoms with E-state index in [9.17, 15) is 4.79 Å². The number of benzene rings is 1. The minimum absolute atomic E-state index is 0.138. The summed E-state index contributed by atoms with van der Waals surface area (Å²) in [5.41, 5.74) is 4.44. The minimum atomic E-state index is 0.138. The van der Waals surface area contributed by atoms with Crippen LogP contribution in [0.2, 0.25) is 0 Å². The van der Waals surface area contributed by atoms with E-state index in [2.05, 4.69) is 34.3 Å². The average molecular weight is 281 g/mol. The van der Waals surface area contributed by atoms with Crippen molar-refractivity contribution in [1.29, 1.82) is 0 Å². The number of carbonyl (C=O) groups is 1. The molecule has 3 rings (SSSR count). The van der Waals surface area contributed by atoms with Crippen LogP contribution in [0.1, 0.15) is 36.1 Å². The van der Waals surface area contributed by atoms with E-state index in [1.54, 1.807) is 0 Å². The summed E-state index contributed by atoms with van der Waals surface area (Å²) in [6.07, 6.45) is 3.38. The molecule has 0 saturated carbocycles. The summed E-state index contributed by atoms with van der Waals surface area (Å²) in [5.74, 6) is 1.19. The van der Waals surface area contributed by atoms with Gasteiger partial charge in [0.25, 0.3) is 0 Å². The van der Waals surface area contributed by atoms with Crippen LogP contribution in [0.3, 0.4) is 0 Å². The van der Waals surface area contributed by atoms with E-state index in [1.807, 2.05) is 25.3 Å². The van der Waals surface area contributed by atoms with E-state index >= 15 is 0 Å². The van der Waals surface area contributed by atoms with E-state index in [1.165, 1.54) is 5.56 Å². The summed E-state index contributed by atoms with van der Waals surface area (Å²) in [4.78, 5) is 20.3. The molecule has 0 bridgehead atoms. The maximum atomic E-state index is 11.3. The van der Waals surface area contributed by atoms with Gasteiger partial charge in [0.2, 0.25) is 5.91 Å². The van der Waals surface area contributed by atoms with Gasteiger partial charge in [-0.1, -0.05) is 31.2 Å². The fourth-order valence-corrected chi connectivity index (χ4v) is 2.72. The maximum absolute atomic E-state index is 11.3. The molecule has 4 nitrogen and oxygen atoms in total. The van der Waals surface area contributed by atoms with Crippen LogP contribution >= 0.6 is 0 Å². The summed E-state index contributed by atoms with van der Waals surface area (Å²) < 4.78 is 0. The third-order valence-corrected chi connectivity index (χ3v) is 4.03. The first-order valence-electron chi connectivity index (χ1n) is 7.37. The molecule has 1 amide bonds. The largest absolute Gasteiger partial charge is 0.355 e. The molecule has 1 N–H and O–H groups in total. The zero-order valence-corrected chi connectivity index (χ0v) is 12.4. The van der Waals surface area contributed by atoms with Crippen molar-refractivity contribution in [3.63, 3.8) is 0 Å². The molecule has 1 aromatic carbocycles. The van der Waals surface area contributed by atoms with Gasteiger partial charge in [-0.25, -0.2) is 9.97 Å².